The second kappa shape index (κ2) is 6.62. The number of carbonyl (C=O) groups excluding carboxylic acids is 2. The van der Waals surface area contributed by atoms with Crippen molar-refractivity contribution < 1.29 is 18.0 Å². The SMILES string of the molecule is CCNC(=O)C(C)NS(=O)(=O)c1cccc(C(C)=O)c1. The lowest BCUT2D eigenvalue weighted by Crippen LogP contribution is -2.44. The van der Waals surface area contributed by atoms with Crippen molar-refractivity contribution in [2.75, 3.05) is 6.54 Å². The van der Waals surface area contributed by atoms with Gasteiger partial charge in [0, 0.05) is 12.1 Å². The molecule has 0 fully saturated rings. The predicted molar refractivity (Wildman–Crippen MR) is 74.9 cm³/mol. The molecule has 1 amide bonds. The molecule has 0 aliphatic rings. The molecule has 0 aliphatic heterocycles. The van der Waals surface area contributed by atoms with Crippen LogP contribution in [0.15, 0.2) is 29.2 Å². The van der Waals surface area contributed by atoms with Gasteiger partial charge in [-0.15, -0.1) is 0 Å². The van der Waals surface area contributed by atoms with Crippen molar-refractivity contribution in [3.05, 3.63) is 29.8 Å². The molecular formula is C13H18N2O4S. The van der Waals surface area contributed by atoms with Gasteiger partial charge in [0.15, 0.2) is 5.78 Å². The molecule has 0 aliphatic carbocycles. The van der Waals surface area contributed by atoms with E-state index in [9.17, 15) is 18.0 Å². The van der Waals surface area contributed by atoms with Crippen molar-refractivity contribution in [2.45, 2.75) is 31.7 Å². The minimum absolute atomic E-state index is 0.0404. The zero-order valence-electron chi connectivity index (χ0n) is 11.6. The van der Waals surface area contributed by atoms with Gasteiger partial charge >= 0.3 is 0 Å². The zero-order chi connectivity index (χ0) is 15.3. The van der Waals surface area contributed by atoms with Gasteiger partial charge in [0.05, 0.1) is 10.9 Å². The van der Waals surface area contributed by atoms with Crippen LogP contribution in [0.2, 0.25) is 0 Å². The molecule has 7 heteroatoms. The quantitative estimate of drug-likeness (QED) is 0.756. The third-order valence-electron chi connectivity index (χ3n) is 2.63. The molecule has 0 heterocycles. The van der Waals surface area contributed by atoms with Gasteiger partial charge in [-0.2, -0.15) is 4.72 Å². The van der Waals surface area contributed by atoms with Crippen LogP contribution in [-0.4, -0.2) is 32.7 Å². The van der Waals surface area contributed by atoms with Gasteiger partial charge in [-0.3, -0.25) is 9.59 Å². The summed E-state index contributed by atoms with van der Waals surface area (Å²) >= 11 is 0. The first-order valence-corrected chi connectivity index (χ1v) is 7.67. The summed E-state index contributed by atoms with van der Waals surface area (Å²) in [4.78, 5) is 22.8. The van der Waals surface area contributed by atoms with Crippen LogP contribution in [0.3, 0.4) is 0 Å². The number of hydrogen-bond acceptors (Lipinski definition) is 4. The topological polar surface area (TPSA) is 92.3 Å². The Morgan fingerprint density at radius 3 is 2.50 bits per heavy atom. The molecular weight excluding hydrogens is 280 g/mol. The Balaban J connectivity index is 2.97. The summed E-state index contributed by atoms with van der Waals surface area (Å²) in [7, 11) is -3.84. The van der Waals surface area contributed by atoms with Crippen molar-refractivity contribution in [2.24, 2.45) is 0 Å². The minimum Gasteiger partial charge on any atom is -0.355 e. The van der Waals surface area contributed by atoms with E-state index in [-0.39, 0.29) is 10.7 Å². The molecule has 110 valence electrons. The normalized spacial score (nSPS) is 12.8. The summed E-state index contributed by atoms with van der Waals surface area (Å²) in [5, 5.41) is 2.53. The van der Waals surface area contributed by atoms with Crippen LogP contribution in [0.25, 0.3) is 0 Å². The van der Waals surface area contributed by atoms with Crippen molar-refractivity contribution in [1.82, 2.24) is 10.0 Å². The van der Waals surface area contributed by atoms with Crippen molar-refractivity contribution in [1.29, 1.82) is 0 Å². The van der Waals surface area contributed by atoms with E-state index in [1.165, 1.54) is 38.1 Å². The second-order valence-electron chi connectivity index (χ2n) is 4.32. The van der Waals surface area contributed by atoms with Crippen LogP contribution in [0, 0.1) is 0 Å². The van der Waals surface area contributed by atoms with Gasteiger partial charge in [0.2, 0.25) is 15.9 Å². The van der Waals surface area contributed by atoms with Gasteiger partial charge in [0.1, 0.15) is 0 Å². The van der Waals surface area contributed by atoms with Crippen LogP contribution >= 0.6 is 0 Å². The Hall–Kier alpha value is -1.73. The molecule has 1 unspecified atom stereocenters. The highest BCUT2D eigenvalue weighted by molar-refractivity contribution is 7.89. The molecule has 0 saturated heterocycles. The molecule has 0 aromatic heterocycles. The summed E-state index contributed by atoms with van der Waals surface area (Å²) in [5.41, 5.74) is 0.304. The first-order valence-electron chi connectivity index (χ1n) is 6.19. The van der Waals surface area contributed by atoms with E-state index in [4.69, 9.17) is 0 Å². The highest BCUT2D eigenvalue weighted by Crippen LogP contribution is 2.12. The highest BCUT2D eigenvalue weighted by Gasteiger charge is 2.22. The first-order chi connectivity index (χ1) is 9.27. The maximum Gasteiger partial charge on any atom is 0.241 e. The van der Waals surface area contributed by atoms with E-state index in [1.54, 1.807) is 6.92 Å². The summed E-state index contributed by atoms with van der Waals surface area (Å²) in [6, 6.07) is 4.80. The summed E-state index contributed by atoms with van der Waals surface area (Å²) in [5.74, 6) is -0.627. The molecule has 1 aromatic carbocycles. The lowest BCUT2D eigenvalue weighted by atomic mass is 10.2. The van der Waals surface area contributed by atoms with Crippen LogP contribution in [0.5, 0.6) is 0 Å². The maximum atomic E-state index is 12.1. The minimum atomic E-state index is -3.84. The molecule has 0 bridgehead atoms. The predicted octanol–water partition coefficient (Wildman–Crippen LogP) is 0.692. The number of benzene rings is 1. The van der Waals surface area contributed by atoms with Gasteiger partial charge in [-0.25, -0.2) is 8.42 Å². The van der Waals surface area contributed by atoms with E-state index in [1.807, 2.05) is 0 Å². The summed E-state index contributed by atoms with van der Waals surface area (Å²) in [6.45, 7) is 4.98. The fourth-order valence-electron chi connectivity index (χ4n) is 1.56. The smallest absolute Gasteiger partial charge is 0.241 e. The Labute approximate surface area is 118 Å². The highest BCUT2D eigenvalue weighted by atomic mass is 32.2. The molecule has 0 spiro atoms. The molecule has 1 aromatic rings. The van der Waals surface area contributed by atoms with Crippen LogP contribution < -0.4 is 10.0 Å². The number of sulfonamides is 1. The van der Waals surface area contributed by atoms with Crippen LogP contribution in [-0.2, 0) is 14.8 Å². The largest absolute Gasteiger partial charge is 0.355 e. The van der Waals surface area contributed by atoms with E-state index in [0.29, 0.717) is 12.1 Å². The molecule has 1 atom stereocenters. The Kier molecular flexibility index (Phi) is 5.41. The summed E-state index contributed by atoms with van der Waals surface area (Å²) < 4.78 is 26.5. The molecule has 1 rings (SSSR count). The molecule has 2 N–H and O–H groups in total. The number of Topliss-reactive ketones (excluding diaryl/α,β-unsaturated/α-hetero) is 1. The molecule has 6 nitrogen and oxygen atoms in total. The lowest BCUT2D eigenvalue weighted by Gasteiger charge is -2.14. The Morgan fingerprint density at radius 2 is 1.95 bits per heavy atom. The second-order valence-corrected chi connectivity index (χ2v) is 6.04. The summed E-state index contributed by atoms with van der Waals surface area (Å²) in [6.07, 6.45) is 0. The monoisotopic (exact) mass is 298 g/mol. The number of nitrogens with one attached hydrogen (secondary N) is 2. The average molecular weight is 298 g/mol. The molecule has 20 heavy (non-hydrogen) atoms. The number of likely N-dealkylation sites (N-methyl/N-ethyl adjacent to an activating group) is 1. The number of amides is 1. The molecule has 0 saturated carbocycles. The van der Waals surface area contributed by atoms with Crippen molar-refractivity contribution in [3.8, 4) is 0 Å². The Bertz CT molecular complexity index is 611. The Morgan fingerprint density at radius 1 is 1.30 bits per heavy atom. The van der Waals surface area contributed by atoms with Crippen LogP contribution in [0.1, 0.15) is 31.1 Å². The van der Waals surface area contributed by atoms with Gasteiger partial charge in [0.25, 0.3) is 0 Å². The fraction of sp³-hybridized carbons (Fsp3) is 0.385. The van der Waals surface area contributed by atoms with Gasteiger partial charge in [-0.05, 0) is 32.9 Å². The van der Waals surface area contributed by atoms with Crippen molar-refractivity contribution in [3.63, 3.8) is 0 Å². The lowest BCUT2D eigenvalue weighted by molar-refractivity contribution is -0.122. The van der Waals surface area contributed by atoms with Gasteiger partial charge in [-0.1, -0.05) is 12.1 Å². The standard InChI is InChI=1S/C13H18N2O4S/c1-4-14-13(17)9(2)15-20(18,19)12-7-5-6-11(8-12)10(3)16/h5-9,15H,4H2,1-3H3,(H,14,17). The van der Waals surface area contributed by atoms with Crippen molar-refractivity contribution >= 4 is 21.7 Å². The van der Waals surface area contributed by atoms with Crippen LogP contribution in [0.4, 0.5) is 0 Å². The fourth-order valence-corrected chi connectivity index (χ4v) is 2.81. The number of carbonyl (C=O) groups is 2. The van der Waals surface area contributed by atoms with Gasteiger partial charge < -0.3 is 5.32 Å². The van der Waals surface area contributed by atoms with E-state index < -0.39 is 22.0 Å². The maximum absolute atomic E-state index is 12.1. The van der Waals surface area contributed by atoms with E-state index in [0.717, 1.165) is 0 Å². The number of ketones is 1. The average Bonchev–Trinajstić information content (AvgIpc) is 2.38. The number of rotatable bonds is 6. The first kappa shape index (κ1) is 16.3. The molecule has 0 radical (unpaired) electrons. The zero-order valence-corrected chi connectivity index (χ0v) is 12.5. The number of hydrogen-bond donors (Lipinski definition) is 2. The van der Waals surface area contributed by atoms with E-state index in [2.05, 4.69) is 10.0 Å². The third-order valence-corrected chi connectivity index (χ3v) is 4.17. The van der Waals surface area contributed by atoms with E-state index >= 15 is 0 Å². The third kappa shape index (κ3) is 4.14.